The third kappa shape index (κ3) is 9.58. The van der Waals surface area contributed by atoms with Gasteiger partial charge in [0, 0.05) is 40.9 Å². The van der Waals surface area contributed by atoms with Crippen LogP contribution in [-0.4, -0.2) is 82.6 Å². The van der Waals surface area contributed by atoms with Gasteiger partial charge in [-0.1, -0.05) is 64.9 Å². The minimum absolute atomic E-state index is 0.0112. The van der Waals surface area contributed by atoms with Crippen molar-refractivity contribution in [2.75, 3.05) is 40.0 Å². The molecule has 5 atom stereocenters. The molecule has 4 aliphatic heterocycles. The lowest BCUT2D eigenvalue weighted by molar-refractivity contribution is -0.118. The topological polar surface area (TPSA) is 214 Å². The van der Waals surface area contributed by atoms with Crippen LogP contribution < -0.4 is 50.4 Å². The first-order valence-electron chi connectivity index (χ1n) is 22.6. The second-order valence-corrected chi connectivity index (χ2v) is 21.3. The van der Waals surface area contributed by atoms with Crippen molar-refractivity contribution in [3.05, 3.63) is 124 Å². The molecule has 4 aliphatic rings. The van der Waals surface area contributed by atoms with Crippen LogP contribution in [0.2, 0.25) is 0 Å². The average molecular weight is 975 g/mol. The van der Waals surface area contributed by atoms with Crippen LogP contribution in [0.3, 0.4) is 0 Å². The molecule has 5 aromatic carbocycles. The van der Waals surface area contributed by atoms with E-state index in [1.807, 2.05) is 75.4 Å². The third-order valence-electron chi connectivity index (χ3n) is 12.7. The summed E-state index contributed by atoms with van der Waals surface area (Å²) in [5, 5.41) is 32.1. The minimum atomic E-state index is -1.07. The highest BCUT2D eigenvalue weighted by Crippen LogP contribution is 2.45. The van der Waals surface area contributed by atoms with Gasteiger partial charge in [-0.05, 0) is 97.8 Å². The molecule has 0 radical (unpaired) electrons. The predicted octanol–water partition coefficient (Wildman–Crippen LogP) is 7.25. The van der Waals surface area contributed by atoms with Gasteiger partial charge in [0.25, 0.3) is 11.8 Å². The molecule has 18 heteroatoms. The number of ether oxygens (including phenoxy) is 4. The Bertz CT molecular complexity index is 2680. The number of hydrogen-bond acceptors (Lipinski definition) is 14. The van der Waals surface area contributed by atoms with Crippen LogP contribution in [0.5, 0.6) is 23.0 Å². The van der Waals surface area contributed by atoms with Gasteiger partial charge in [-0.25, -0.2) is 0 Å². The van der Waals surface area contributed by atoms with Gasteiger partial charge in [-0.15, -0.1) is 0 Å². The zero-order valence-electron chi connectivity index (χ0n) is 38.7. The summed E-state index contributed by atoms with van der Waals surface area (Å²) < 4.78 is 23.5. The quantitative estimate of drug-likeness (QED) is 0.0538. The van der Waals surface area contributed by atoms with Gasteiger partial charge in [0.05, 0.1) is 53.6 Å². The first-order chi connectivity index (χ1) is 33.1. The van der Waals surface area contributed by atoms with Crippen LogP contribution >= 0.6 is 21.6 Å². The van der Waals surface area contributed by atoms with Gasteiger partial charge in [0.15, 0.2) is 23.0 Å². The minimum Gasteiger partial charge on any atom is -0.493 e. The van der Waals surface area contributed by atoms with Gasteiger partial charge < -0.3 is 60.6 Å². The number of carbonyl (C=O) groups excluding carboxylic acids is 4. The SMILES string of the molecule is COc1cc2c(cc1OCc1cc(COc3cc4c(cc3OC)C(=O)N3c5ccccc5C[C@H]3C(O)N4)cc(NC(=O)C(C)(C)SSC(C)CCC(N)=O)c1)NC(O)[C@@H]1Cc3ccccc3N1C2=O. The molecule has 9 rings (SSSR count). The van der Waals surface area contributed by atoms with Gasteiger partial charge in [-0.2, -0.15) is 0 Å². The maximum atomic E-state index is 14.1. The number of primary amides is 1. The molecule has 5 aromatic rings. The number of fused-ring (bicyclic) bond motifs is 8. The summed E-state index contributed by atoms with van der Waals surface area (Å²) in [6.45, 7) is 5.61. The molecule has 4 amide bonds. The van der Waals surface area contributed by atoms with Gasteiger partial charge in [0.2, 0.25) is 11.8 Å². The Hall–Kier alpha value is -6.60. The fraction of sp³-hybridized carbons (Fsp3) is 0.333. The van der Waals surface area contributed by atoms with E-state index in [1.54, 1.807) is 46.2 Å². The molecule has 7 N–H and O–H groups in total. The molecule has 0 saturated carbocycles. The molecular formula is C51H54N6O10S2. The number of benzene rings is 5. The van der Waals surface area contributed by atoms with Gasteiger partial charge in [-0.3, -0.25) is 19.2 Å². The molecule has 0 spiro atoms. The molecular weight excluding hydrogens is 921 g/mol. The standard InChI is InChI=1S/C51H54N6O10S2/c1-27(14-15-45(52)58)68-69-51(2,3)50(63)53-32-17-28(25-66-43-23-35-33(21-41(43)64-4)48(61)56-37-12-8-6-10-30(37)19-39(56)46(59)54-35)16-29(18-32)26-67-44-24-36-34(22-42(44)65-5)49(62)57-38-13-9-7-11-31(38)20-40(57)47(60)55-36/h6-13,16-18,21-24,27,39-40,46-47,54-55,59-60H,14-15,19-20,25-26H2,1-5H3,(H2,52,58)(H,53,63)/t27?,39-,40-,46?,47?/m0/s1. The monoisotopic (exact) mass is 974 g/mol. The number of hydrogen-bond donors (Lipinski definition) is 6. The van der Waals surface area contributed by atoms with Gasteiger partial charge in [0.1, 0.15) is 25.7 Å². The number of nitrogens with one attached hydrogen (secondary N) is 3. The Labute approximate surface area is 407 Å². The van der Waals surface area contributed by atoms with Crippen molar-refractivity contribution >= 4 is 73.7 Å². The van der Waals surface area contributed by atoms with E-state index in [0.29, 0.717) is 81.6 Å². The highest BCUT2D eigenvalue weighted by molar-refractivity contribution is 8.77. The van der Waals surface area contributed by atoms with E-state index in [2.05, 4.69) is 16.0 Å². The molecule has 16 nitrogen and oxygen atoms in total. The summed E-state index contributed by atoms with van der Waals surface area (Å²) in [6.07, 6.45) is -0.323. The second-order valence-electron chi connectivity index (χ2n) is 18.0. The normalized spacial score (nSPS) is 19.2. The lowest BCUT2D eigenvalue weighted by Crippen LogP contribution is -2.45. The number of aliphatic hydroxyl groups excluding tert-OH is 2. The molecule has 360 valence electrons. The summed E-state index contributed by atoms with van der Waals surface area (Å²) in [4.78, 5) is 56.8. The molecule has 3 unspecified atom stereocenters. The molecule has 0 bridgehead atoms. The van der Waals surface area contributed by atoms with Crippen molar-refractivity contribution in [1.29, 1.82) is 0 Å². The van der Waals surface area contributed by atoms with Crippen LogP contribution in [0, 0.1) is 0 Å². The van der Waals surface area contributed by atoms with Crippen molar-refractivity contribution in [3.63, 3.8) is 0 Å². The first-order valence-corrected chi connectivity index (χ1v) is 24.8. The number of anilines is 5. The number of nitrogens with two attached hydrogens (primary N) is 1. The average Bonchev–Trinajstić information content (AvgIpc) is 3.88. The van der Waals surface area contributed by atoms with Gasteiger partial charge >= 0.3 is 0 Å². The summed E-state index contributed by atoms with van der Waals surface area (Å²) in [6, 6.07) is 26.1. The number of para-hydroxylation sites is 2. The number of methoxy groups -OCH3 is 2. The van der Waals surface area contributed by atoms with E-state index in [1.165, 1.54) is 35.8 Å². The third-order valence-corrected chi connectivity index (χ3v) is 16.5. The summed E-state index contributed by atoms with van der Waals surface area (Å²) in [5.41, 5.74) is 12.0. The van der Waals surface area contributed by atoms with Crippen LogP contribution in [0.15, 0.2) is 91.0 Å². The molecule has 0 aliphatic carbocycles. The molecule has 69 heavy (non-hydrogen) atoms. The lowest BCUT2D eigenvalue weighted by atomic mass is 10.1. The maximum Gasteiger partial charge on any atom is 0.260 e. The van der Waals surface area contributed by atoms with Crippen LogP contribution in [0.25, 0.3) is 0 Å². The van der Waals surface area contributed by atoms with Crippen LogP contribution in [0.1, 0.15) is 76.6 Å². The predicted molar refractivity (Wildman–Crippen MR) is 268 cm³/mol. The number of aliphatic hydroxyl groups is 2. The first kappa shape index (κ1) is 47.5. The molecule has 0 saturated heterocycles. The van der Waals surface area contributed by atoms with E-state index in [9.17, 15) is 29.4 Å². The Kier molecular flexibility index (Phi) is 13.4. The molecule has 4 heterocycles. The van der Waals surface area contributed by atoms with Crippen molar-refractivity contribution in [2.24, 2.45) is 5.73 Å². The van der Waals surface area contributed by atoms with E-state index in [4.69, 9.17) is 24.7 Å². The number of rotatable bonds is 16. The highest BCUT2D eigenvalue weighted by Gasteiger charge is 2.44. The summed E-state index contributed by atoms with van der Waals surface area (Å²) in [7, 11) is 5.88. The maximum absolute atomic E-state index is 14.1. The number of carbonyl (C=O) groups is 4. The van der Waals surface area contributed by atoms with Crippen molar-refractivity contribution in [3.8, 4) is 23.0 Å². The van der Waals surface area contributed by atoms with E-state index in [0.717, 1.165) is 22.5 Å². The van der Waals surface area contributed by atoms with E-state index >= 15 is 0 Å². The number of nitrogens with zero attached hydrogens (tertiary/aromatic N) is 2. The smallest absolute Gasteiger partial charge is 0.260 e. The lowest BCUT2D eigenvalue weighted by Gasteiger charge is -2.26. The van der Waals surface area contributed by atoms with Crippen molar-refractivity contribution in [1.82, 2.24) is 0 Å². The van der Waals surface area contributed by atoms with Crippen molar-refractivity contribution in [2.45, 2.75) is 94.2 Å². The van der Waals surface area contributed by atoms with Crippen LogP contribution in [-0.2, 0) is 35.6 Å². The van der Waals surface area contributed by atoms with Crippen molar-refractivity contribution < 1.29 is 48.3 Å². The fourth-order valence-corrected chi connectivity index (χ4v) is 11.6. The Morgan fingerprint density at radius 2 is 1.23 bits per heavy atom. The Morgan fingerprint density at radius 1 is 0.754 bits per heavy atom. The summed E-state index contributed by atoms with van der Waals surface area (Å²) in [5.74, 6) is 0.0228. The largest absolute Gasteiger partial charge is 0.493 e. The van der Waals surface area contributed by atoms with E-state index in [-0.39, 0.29) is 48.5 Å². The number of amides is 4. The molecule has 0 fully saturated rings. The van der Waals surface area contributed by atoms with Crippen LogP contribution in [0.4, 0.5) is 28.4 Å². The Morgan fingerprint density at radius 3 is 1.70 bits per heavy atom. The van der Waals surface area contributed by atoms with E-state index < -0.39 is 29.3 Å². The summed E-state index contributed by atoms with van der Waals surface area (Å²) >= 11 is 0. The molecule has 0 aromatic heterocycles. The highest BCUT2D eigenvalue weighted by atomic mass is 33.1. The Balaban J connectivity index is 0.983. The zero-order chi connectivity index (χ0) is 48.7. The second kappa shape index (κ2) is 19.4. The zero-order valence-corrected chi connectivity index (χ0v) is 40.4. The fourth-order valence-electron chi connectivity index (χ4n) is 9.12.